The summed E-state index contributed by atoms with van der Waals surface area (Å²) >= 11 is 5.99. The fourth-order valence-electron chi connectivity index (χ4n) is 2.28. The van der Waals surface area contributed by atoms with E-state index in [1.807, 2.05) is 0 Å². The van der Waals surface area contributed by atoms with Crippen molar-refractivity contribution in [2.24, 2.45) is 11.7 Å². The van der Waals surface area contributed by atoms with Crippen LogP contribution < -0.4 is 11.1 Å². The molecule has 104 valence electrons. The second-order valence-corrected chi connectivity index (χ2v) is 5.28. The molecule has 1 aliphatic carbocycles. The number of rotatable bonds is 6. The van der Waals surface area contributed by atoms with Gasteiger partial charge in [-0.3, -0.25) is 4.79 Å². The van der Waals surface area contributed by atoms with Crippen LogP contribution in [0.1, 0.15) is 30.7 Å². The van der Waals surface area contributed by atoms with Gasteiger partial charge in [0, 0.05) is 29.0 Å². The van der Waals surface area contributed by atoms with E-state index in [0.717, 1.165) is 12.8 Å². The summed E-state index contributed by atoms with van der Waals surface area (Å²) < 4.78 is 13.7. The predicted octanol–water partition coefficient (Wildman–Crippen LogP) is 2.44. The summed E-state index contributed by atoms with van der Waals surface area (Å²) in [4.78, 5) is 11.9. The molecule has 1 amide bonds. The first-order valence-electron chi connectivity index (χ1n) is 6.57. The van der Waals surface area contributed by atoms with Crippen molar-refractivity contribution in [2.75, 3.05) is 13.1 Å². The molecule has 1 saturated carbocycles. The number of amides is 1. The van der Waals surface area contributed by atoms with Crippen LogP contribution in [0.5, 0.6) is 0 Å². The van der Waals surface area contributed by atoms with E-state index in [4.69, 9.17) is 17.3 Å². The van der Waals surface area contributed by atoms with Crippen LogP contribution in [0, 0.1) is 11.7 Å². The van der Waals surface area contributed by atoms with E-state index in [1.54, 1.807) is 12.1 Å². The van der Waals surface area contributed by atoms with Crippen molar-refractivity contribution in [1.82, 2.24) is 5.32 Å². The fraction of sp³-hybridized carbons (Fsp3) is 0.500. The molecule has 2 unspecified atom stereocenters. The first-order chi connectivity index (χ1) is 9.15. The third kappa shape index (κ3) is 3.45. The van der Waals surface area contributed by atoms with Gasteiger partial charge in [0.15, 0.2) is 0 Å². The van der Waals surface area contributed by atoms with Gasteiger partial charge < -0.3 is 11.1 Å². The maximum atomic E-state index is 13.7. The van der Waals surface area contributed by atoms with Crippen molar-refractivity contribution < 1.29 is 9.18 Å². The molecule has 3 N–H and O–H groups in total. The number of carbonyl (C=O) groups is 1. The molecule has 0 heterocycles. The van der Waals surface area contributed by atoms with Crippen LogP contribution in [0.15, 0.2) is 18.2 Å². The lowest BCUT2D eigenvalue weighted by Gasteiger charge is -2.06. The molecule has 1 fully saturated rings. The van der Waals surface area contributed by atoms with Gasteiger partial charge in [0.1, 0.15) is 5.82 Å². The number of hydrogen-bond donors (Lipinski definition) is 2. The molecule has 1 aliphatic rings. The molecule has 19 heavy (non-hydrogen) atoms. The van der Waals surface area contributed by atoms with E-state index >= 15 is 0 Å². The van der Waals surface area contributed by atoms with E-state index in [1.165, 1.54) is 6.07 Å². The van der Waals surface area contributed by atoms with Crippen LogP contribution >= 0.6 is 11.6 Å². The summed E-state index contributed by atoms with van der Waals surface area (Å²) in [6.07, 6.45) is 2.44. The van der Waals surface area contributed by atoms with E-state index in [0.29, 0.717) is 30.1 Å². The molecule has 3 nitrogen and oxygen atoms in total. The summed E-state index contributed by atoms with van der Waals surface area (Å²) in [7, 11) is 0. The van der Waals surface area contributed by atoms with Gasteiger partial charge >= 0.3 is 0 Å². The average molecular weight is 285 g/mol. The number of benzene rings is 1. The highest BCUT2D eigenvalue weighted by Crippen LogP contribution is 2.50. The van der Waals surface area contributed by atoms with Crippen LogP contribution in [0.3, 0.4) is 0 Å². The molecule has 0 spiro atoms. The monoisotopic (exact) mass is 284 g/mol. The van der Waals surface area contributed by atoms with E-state index < -0.39 is 0 Å². The predicted molar refractivity (Wildman–Crippen MR) is 73.6 cm³/mol. The molecule has 0 radical (unpaired) electrons. The molecule has 0 aliphatic heterocycles. The van der Waals surface area contributed by atoms with Crippen molar-refractivity contribution in [3.05, 3.63) is 34.6 Å². The van der Waals surface area contributed by atoms with Gasteiger partial charge in [-0.1, -0.05) is 17.7 Å². The van der Waals surface area contributed by atoms with Crippen molar-refractivity contribution in [3.63, 3.8) is 0 Å². The lowest BCUT2D eigenvalue weighted by molar-refractivity contribution is -0.122. The second kappa shape index (κ2) is 6.35. The highest BCUT2D eigenvalue weighted by molar-refractivity contribution is 6.31. The van der Waals surface area contributed by atoms with Gasteiger partial charge in [-0.15, -0.1) is 0 Å². The molecule has 2 rings (SSSR count). The lowest BCUT2D eigenvalue weighted by Crippen LogP contribution is -2.26. The van der Waals surface area contributed by atoms with Gasteiger partial charge in [0.25, 0.3) is 0 Å². The van der Waals surface area contributed by atoms with Crippen molar-refractivity contribution in [1.29, 1.82) is 0 Å². The second-order valence-electron chi connectivity index (χ2n) is 4.87. The van der Waals surface area contributed by atoms with Crippen LogP contribution in [0.4, 0.5) is 4.39 Å². The normalized spacial score (nSPS) is 21.2. The Labute approximate surface area is 117 Å². The number of hydrogen-bond acceptors (Lipinski definition) is 2. The maximum absolute atomic E-state index is 13.7. The van der Waals surface area contributed by atoms with E-state index in [-0.39, 0.29) is 23.6 Å². The Hall–Kier alpha value is -1.13. The summed E-state index contributed by atoms with van der Waals surface area (Å²) in [5, 5.41) is 3.26. The Morgan fingerprint density at radius 1 is 1.47 bits per heavy atom. The molecule has 2 atom stereocenters. The molecular weight excluding hydrogens is 267 g/mol. The van der Waals surface area contributed by atoms with Gasteiger partial charge in [-0.25, -0.2) is 4.39 Å². The van der Waals surface area contributed by atoms with Gasteiger partial charge in [-0.2, -0.15) is 0 Å². The molecule has 1 aromatic rings. The first-order valence-corrected chi connectivity index (χ1v) is 6.94. The lowest BCUT2D eigenvalue weighted by atomic mass is 10.1. The highest BCUT2D eigenvalue weighted by atomic mass is 35.5. The zero-order chi connectivity index (χ0) is 13.8. The molecule has 1 aromatic carbocycles. The highest BCUT2D eigenvalue weighted by Gasteiger charge is 2.45. The Balaban J connectivity index is 1.88. The molecular formula is C14H18ClFN2O. The number of halogens is 2. The van der Waals surface area contributed by atoms with Crippen LogP contribution in [0.25, 0.3) is 0 Å². The zero-order valence-corrected chi connectivity index (χ0v) is 11.4. The van der Waals surface area contributed by atoms with Crippen LogP contribution in [-0.2, 0) is 4.79 Å². The van der Waals surface area contributed by atoms with E-state index in [9.17, 15) is 9.18 Å². The smallest absolute Gasteiger partial charge is 0.223 e. The summed E-state index contributed by atoms with van der Waals surface area (Å²) in [5.41, 5.74) is 5.86. The molecule has 0 aromatic heterocycles. The fourth-order valence-corrected chi connectivity index (χ4v) is 2.58. The number of unbranched alkanes of at least 4 members (excludes halogenated alkanes) is 1. The third-order valence-electron chi connectivity index (χ3n) is 3.43. The Morgan fingerprint density at radius 2 is 2.26 bits per heavy atom. The Kier molecular flexibility index (Phi) is 4.77. The third-order valence-corrected chi connectivity index (χ3v) is 3.76. The largest absolute Gasteiger partial charge is 0.356 e. The summed E-state index contributed by atoms with van der Waals surface area (Å²) in [6.45, 7) is 1.26. The van der Waals surface area contributed by atoms with Gasteiger partial charge in [0.2, 0.25) is 5.91 Å². The first kappa shape index (κ1) is 14.3. The van der Waals surface area contributed by atoms with E-state index in [2.05, 4.69) is 5.32 Å². The topological polar surface area (TPSA) is 55.1 Å². The minimum absolute atomic E-state index is 0.0126. The molecule has 0 saturated heterocycles. The Bertz CT molecular complexity index is 447. The van der Waals surface area contributed by atoms with Crippen molar-refractivity contribution in [2.45, 2.75) is 25.2 Å². The van der Waals surface area contributed by atoms with Crippen LogP contribution in [-0.4, -0.2) is 19.0 Å². The van der Waals surface area contributed by atoms with Gasteiger partial charge in [0.05, 0.1) is 0 Å². The van der Waals surface area contributed by atoms with Crippen LogP contribution in [0.2, 0.25) is 5.02 Å². The minimum Gasteiger partial charge on any atom is -0.356 e. The molecule has 5 heteroatoms. The SMILES string of the molecule is NCCCCNC(=O)C1CC1c1c(F)cccc1Cl. The number of nitrogens with two attached hydrogens (primary N) is 1. The average Bonchev–Trinajstić information content (AvgIpc) is 3.14. The van der Waals surface area contributed by atoms with Crippen molar-refractivity contribution >= 4 is 17.5 Å². The summed E-state index contributed by atoms with van der Waals surface area (Å²) in [5.74, 6) is -0.562. The standard InChI is InChI=1S/C14H18ClFN2O/c15-11-4-3-5-12(16)13(11)9-8-10(9)14(19)18-7-2-1-6-17/h3-5,9-10H,1-2,6-8,17H2,(H,18,19). The number of carbonyl (C=O) groups excluding carboxylic acids is 1. The quantitative estimate of drug-likeness (QED) is 0.789. The van der Waals surface area contributed by atoms with Crippen molar-refractivity contribution in [3.8, 4) is 0 Å². The minimum atomic E-state index is -0.323. The number of nitrogens with one attached hydrogen (secondary N) is 1. The molecule has 0 bridgehead atoms. The summed E-state index contributed by atoms with van der Waals surface area (Å²) in [6, 6.07) is 4.62. The Morgan fingerprint density at radius 3 is 2.95 bits per heavy atom. The maximum Gasteiger partial charge on any atom is 0.223 e. The zero-order valence-electron chi connectivity index (χ0n) is 10.7. The van der Waals surface area contributed by atoms with Gasteiger partial charge in [-0.05, 0) is 37.9 Å².